The number of carbonyl (C=O) groups excluding carboxylic acids is 1. The smallest absolute Gasteiger partial charge is 0.342 e. The van der Waals surface area contributed by atoms with Gasteiger partial charge < -0.3 is 10.1 Å². The number of carbonyl (C=O) groups is 1. The molecule has 0 spiro atoms. The van der Waals surface area contributed by atoms with Gasteiger partial charge in [0.15, 0.2) is 0 Å². The van der Waals surface area contributed by atoms with Crippen molar-refractivity contribution in [3.8, 4) is 0 Å². The van der Waals surface area contributed by atoms with Gasteiger partial charge in [-0.3, -0.25) is 4.90 Å². The van der Waals surface area contributed by atoms with Crippen LogP contribution in [-0.2, 0) is 4.74 Å². The van der Waals surface area contributed by atoms with Gasteiger partial charge in [0.25, 0.3) is 0 Å². The van der Waals surface area contributed by atoms with Gasteiger partial charge in [-0.05, 0) is 26.2 Å². The number of rotatable bonds is 4. The SMILES string of the molecule is COC(=O)c1c(F)cccc1NCN(C)C. The van der Waals surface area contributed by atoms with Crippen molar-refractivity contribution in [1.29, 1.82) is 0 Å². The van der Waals surface area contributed by atoms with Crippen LogP contribution in [0.15, 0.2) is 18.2 Å². The van der Waals surface area contributed by atoms with Crippen molar-refractivity contribution in [1.82, 2.24) is 4.90 Å². The summed E-state index contributed by atoms with van der Waals surface area (Å²) in [5.41, 5.74) is 0.368. The summed E-state index contributed by atoms with van der Waals surface area (Å²) < 4.78 is 18.0. The van der Waals surface area contributed by atoms with Gasteiger partial charge in [0.05, 0.1) is 19.5 Å². The molecule has 0 bridgehead atoms. The van der Waals surface area contributed by atoms with Crippen LogP contribution < -0.4 is 5.32 Å². The van der Waals surface area contributed by atoms with E-state index in [0.717, 1.165) is 0 Å². The lowest BCUT2D eigenvalue weighted by molar-refractivity contribution is 0.0596. The van der Waals surface area contributed by atoms with Gasteiger partial charge >= 0.3 is 5.97 Å². The standard InChI is InChI=1S/C11H15FN2O2/c1-14(2)7-13-9-6-4-5-8(12)10(9)11(15)16-3/h4-6,13H,7H2,1-3H3. The first-order valence-electron chi connectivity index (χ1n) is 4.81. The van der Waals surface area contributed by atoms with Crippen molar-refractivity contribution >= 4 is 11.7 Å². The van der Waals surface area contributed by atoms with Gasteiger partial charge in [0.2, 0.25) is 0 Å². The highest BCUT2D eigenvalue weighted by Crippen LogP contribution is 2.19. The number of ether oxygens (including phenoxy) is 1. The first kappa shape index (κ1) is 12.4. The lowest BCUT2D eigenvalue weighted by Gasteiger charge is -2.15. The summed E-state index contributed by atoms with van der Waals surface area (Å²) in [5.74, 6) is -1.27. The minimum atomic E-state index is -0.681. The molecule has 1 aromatic rings. The fourth-order valence-corrected chi connectivity index (χ4v) is 1.22. The molecule has 4 nitrogen and oxygen atoms in total. The fourth-order valence-electron chi connectivity index (χ4n) is 1.22. The molecule has 0 heterocycles. The number of anilines is 1. The predicted octanol–water partition coefficient (Wildman–Crippen LogP) is 1.54. The van der Waals surface area contributed by atoms with Crippen LogP contribution in [0.25, 0.3) is 0 Å². The molecule has 0 aliphatic carbocycles. The quantitative estimate of drug-likeness (QED) is 0.624. The van der Waals surface area contributed by atoms with Gasteiger partial charge in [0, 0.05) is 0 Å². The number of halogens is 1. The van der Waals surface area contributed by atoms with Gasteiger partial charge in [-0.15, -0.1) is 0 Å². The molecule has 0 radical (unpaired) electrons. The van der Waals surface area contributed by atoms with Crippen molar-refractivity contribution in [2.24, 2.45) is 0 Å². The summed E-state index contributed by atoms with van der Waals surface area (Å²) in [7, 11) is 4.96. The maximum atomic E-state index is 13.5. The Hall–Kier alpha value is -1.62. The third kappa shape index (κ3) is 2.93. The van der Waals surface area contributed by atoms with Gasteiger partial charge in [-0.1, -0.05) is 6.07 Å². The van der Waals surface area contributed by atoms with Crippen molar-refractivity contribution in [3.63, 3.8) is 0 Å². The molecule has 0 aromatic heterocycles. The summed E-state index contributed by atoms with van der Waals surface area (Å²) in [6, 6.07) is 4.41. The zero-order valence-corrected chi connectivity index (χ0v) is 9.58. The van der Waals surface area contributed by atoms with Crippen LogP contribution in [-0.4, -0.2) is 38.7 Å². The summed E-state index contributed by atoms with van der Waals surface area (Å²) in [6.07, 6.45) is 0. The summed E-state index contributed by atoms with van der Waals surface area (Å²) in [4.78, 5) is 13.3. The number of hydrogen-bond acceptors (Lipinski definition) is 4. The second-order valence-electron chi connectivity index (χ2n) is 3.57. The molecule has 0 saturated carbocycles. The molecule has 1 rings (SSSR count). The Bertz CT molecular complexity index is 380. The highest BCUT2D eigenvalue weighted by Gasteiger charge is 2.16. The molecule has 16 heavy (non-hydrogen) atoms. The molecule has 88 valence electrons. The molecule has 1 aromatic carbocycles. The molecule has 0 amide bonds. The molecule has 0 fully saturated rings. The van der Waals surface area contributed by atoms with E-state index in [1.165, 1.54) is 13.2 Å². The van der Waals surface area contributed by atoms with E-state index in [1.807, 2.05) is 19.0 Å². The van der Waals surface area contributed by atoms with Crippen molar-refractivity contribution in [2.75, 3.05) is 33.2 Å². The molecular weight excluding hydrogens is 211 g/mol. The number of benzene rings is 1. The Morgan fingerprint density at radius 2 is 2.19 bits per heavy atom. The number of nitrogens with zero attached hydrogens (tertiary/aromatic N) is 1. The van der Waals surface area contributed by atoms with E-state index < -0.39 is 11.8 Å². The lowest BCUT2D eigenvalue weighted by atomic mass is 10.1. The van der Waals surface area contributed by atoms with Crippen LogP contribution >= 0.6 is 0 Å². The highest BCUT2D eigenvalue weighted by atomic mass is 19.1. The van der Waals surface area contributed by atoms with E-state index in [0.29, 0.717) is 12.4 Å². The van der Waals surface area contributed by atoms with Crippen LogP contribution in [0.5, 0.6) is 0 Å². The Morgan fingerprint density at radius 1 is 1.50 bits per heavy atom. The maximum Gasteiger partial charge on any atom is 0.342 e. The van der Waals surface area contributed by atoms with Crippen LogP contribution in [0.3, 0.4) is 0 Å². The largest absolute Gasteiger partial charge is 0.465 e. The highest BCUT2D eigenvalue weighted by molar-refractivity contribution is 5.95. The molecule has 0 atom stereocenters. The molecular formula is C11H15FN2O2. The molecule has 0 aliphatic rings. The topological polar surface area (TPSA) is 41.6 Å². The molecule has 0 unspecified atom stereocenters. The van der Waals surface area contributed by atoms with Gasteiger partial charge in [-0.2, -0.15) is 0 Å². The summed E-state index contributed by atoms with van der Waals surface area (Å²) >= 11 is 0. The third-order valence-electron chi connectivity index (χ3n) is 1.99. The fraction of sp³-hybridized carbons (Fsp3) is 0.364. The monoisotopic (exact) mass is 226 g/mol. The van der Waals surface area contributed by atoms with Crippen molar-refractivity contribution < 1.29 is 13.9 Å². The Balaban J connectivity index is 2.98. The average Bonchev–Trinajstić information content (AvgIpc) is 2.25. The van der Waals surface area contributed by atoms with E-state index in [9.17, 15) is 9.18 Å². The van der Waals surface area contributed by atoms with Crippen LogP contribution in [0.2, 0.25) is 0 Å². The Labute approximate surface area is 94.0 Å². The first-order valence-corrected chi connectivity index (χ1v) is 4.81. The second-order valence-corrected chi connectivity index (χ2v) is 3.57. The zero-order chi connectivity index (χ0) is 12.1. The van der Waals surface area contributed by atoms with Gasteiger partial charge in [-0.25, -0.2) is 9.18 Å². The van der Waals surface area contributed by atoms with E-state index in [4.69, 9.17) is 0 Å². The minimum absolute atomic E-state index is 0.0631. The molecule has 0 saturated heterocycles. The van der Waals surface area contributed by atoms with E-state index in [-0.39, 0.29) is 5.56 Å². The Morgan fingerprint density at radius 3 is 2.75 bits per heavy atom. The normalized spacial score (nSPS) is 10.3. The summed E-state index contributed by atoms with van der Waals surface area (Å²) in [5, 5.41) is 2.95. The first-order chi connectivity index (χ1) is 7.56. The predicted molar refractivity (Wildman–Crippen MR) is 59.9 cm³/mol. The Kier molecular flexibility index (Phi) is 4.25. The number of methoxy groups -OCH3 is 1. The maximum absolute atomic E-state index is 13.5. The number of esters is 1. The number of hydrogen-bond donors (Lipinski definition) is 1. The molecule has 5 heteroatoms. The van der Waals surface area contributed by atoms with E-state index in [1.54, 1.807) is 12.1 Å². The summed E-state index contributed by atoms with van der Waals surface area (Å²) in [6.45, 7) is 0.507. The van der Waals surface area contributed by atoms with Crippen LogP contribution in [0, 0.1) is 5.82 Å². The minimum Gasteiger partial charge on any atom is -0.465 e. The molecule has 1 N–H and O–H groups in total. The van der Waals surface area contributed by atoms with Gasteiger partial charge in [0.1, 0.15) is 11.4 Å². The van der Waals surface area contributed by atoms with Crippen molar-refractivity contribution in [3.05, 3.63) is 29.6 Å². The average molecular weight is 226 g/mol. The van der Waals surface area contributed by atoms with E-state index >= 15 is 0 Å². The number of nitrogens with one attached hydrogen (secondary N) is 1. The van der Waals surface area contributed by atoms with Crippen LogP contribution in [0.1, 0.15) is 10.4 Å². The van der Waals surface area contributed by atoms with E-state index in [2.05, 4.69) is 10.1 Å². The zero-order valence-electron chi connectivity index (χ0n) is 9.58. The van der Waals surface area contributed by atoms with Crippen molar-refractivity contribution in [2.45, 2.75) is 0 Å². The second kappa shape index (κ2) is 5.46. The lowest BCUT2D eigenvalue weighted by Crippen LogP contribution is -2.22. The third-order valence-corrected chi connectivity index (χ3v) is 1.99. The van der Waals surface area contributed by atoms with Crippen LogP contribution in [0.4, 0.5) is 10.1 Å². The molecule has 0 aliphatic heterocycles.